The largest absolute Gasteiger partial charge is 0.490 e. The summed E-state index contributed by atoms with van der Waals surface area (Å²) in [5.41, 5.74) is -0.0761. The molecule has 0 amide bonds. The number of phosphoric ester groups is 1. The fourth-order valence-corrected chi connectivity index (χ4v) is 7.90. The highest BCUT2D eigenvalue weighted by molar-refractivity contribution is 7.66. The molecule has 1 saturated heterocycles. The molecule has 6 N–H and O–H groups in total. The standard InChI is InChI=1S/C21H30N3O15P3/c25-17-7-9-23(21(28)24(17)11-15-10-14(6-8-22-15)13-4-2-1-3-5-13)20-19(27)18(26)16(37-20)12-36-41(32,33)39-42(34,35)38-40(29,30)31/h6-10,13,16,18-20,26-27H,1-5,11-12H2,(H,32,33)(H,34,35)(H2,29,30,31)/t16-,18+,19?,20-/m1/s1. The first kappa shape index (κ1) is 33.0. The van der Waals surface area contributed by atoms with Gasteiger partial charge in [0.25, 0.3) is 5.56 Å². The summed E-state index contributed by atoms with van der Waals surface area (Å²) in [7, 11) is -16.9. The number of hydrogen-bond donors (Lipinski definition) is 6. The van der Waals surface area contributed by atoms with E-state index >= 15 is 0 Å². The number of rotatable bonds is 11. The highest BCUT2D eigenvalue weighted by atomic mass is 31.3. The Kier molecular flexibility index (Phi) is 10.2. The summed E-state index contributed by atoms with van der Waals surface area (Å²) >= 11 is 0. The number of nitrogens with zero attached hydrogens (tertiary/aromatic N) is 3. The van der Waals surface area contributed by atoms with E-state index in [-0.39, 0.29) is 6.54 Å². The molecule has 2 aromatic rings. The van der Waals surface area contributed by atoms with E-state index in [9.17, 15) is 43.3 Å². The topological polar surface area (TPSA) is 266 Å². The van der Waals surface area contributed by atoms with Gasteiger partial charge in [0.2, 0.25) is 0 Å². The Hall–Kier alpha value is -1.88. The van der Waals surface area contributed by atoms with E-state index in [1.807, 2.05) is 12.1 Å². The third-order valence-corrected chi connectivity index (χ3v) is 10.6. The number of aliphatic hydroxyl groups excluding tert-OH is 2. The molecule has 1 aliphatic carbocycles. The Labute approximate surface area is 237 Å². The fraction of sp³-hybridized carbons (Fsp3) is 0.571. The molecule has 1 saturated carbocycles. The van der Waals surface area contributed by atoms with Crippen molar-refractivity contribution in [1.82, 2.24) is 14.1 Å². The summed E-state index contributed by atoms with van der Waals surface area (Å²) in [5.74, 6) is 0.356. The van der Waals surface area contributed by atoms with Crippen molar-refractivity contribution in [3.8, 4) is 0 Å². The van der Waals surface area contributed by atoms with Gasteiger partial charge in [-0.1, -0.05) is 19.3 Å². The van der Waals surface area contributed by atoms with Gasteiger partial charge >= 0.3 is 29.2 Å². The van der Waals surface area contributed by atoms with Crippen molar-refractivity contribution in [1.29, 1.82) is 0 Å². The van der Waals surface area contributed by atoms with Crippen LogP contribution in [-0.4, -0.2) is 68.8 Å². The zero-order chi connectivity index (χ0) is 30.9. The Morgan fingerprint density at radius 3 is 2.31 bits per heavy atom. The van der Waals surface area contributed by atoms with Crippen LogP contribution in [0.2, 0.25) is 0 Å². The van der Waals surface area contributed by atoms with Gasteiger partial charge in [0.1, 0.15) is 18.3 Å². The fourth-order valence-electron chi connectivity index (χ4n) is 4.87. The van der Waals surface area contributed by atoms with Crippen molar-refractivity contribution in [3.05, 3.63) is 62.7 Å². The minimum atomic E-state index is -5.78. The van der Waals surface area contributed by atoms with Gasteiger partial charge in [0.05, 0.1) is 18.8 Å². The van der Waals surface area contributed by atoms with Crippen molar-refractivity contribution in [2.75, 3.05) is 6.61 Å². The average Bonchev–Trinajstić information content (AvgIpc) is 3.17. The first-order valence-electron chi connectivity index (χ1n) is 12.6. The minimum absolute atomic E-state index is 0.195. The third-order valence-electron chi connectivity index (χ3n) is 6.76. The van der Waals surface area contributed by atoms with Crippen LogP contribution in [0.15, 0.2) is 40.2 Å². The van der Waals surface area contributed by atoms with Crippen LogP contribution in [-0.2, 0) is 38.1 Å². The molecule has 0 bridgehead atoms. The molecule has 6 atom stereocenters. The molecule has 1 aliphatic heterocycles. The van der Waals surface area contributed by atoms with Gasteiger partial charge in [-0.25, -0.2) is 18.5 Å². The van der Waals surface area contributed by atoms with Crippen molar-refractivity contribution in [2.24, 2.45) is 0 Å². The molecule has 42 heavy (non-hydrogen) atoms. The van der Waals surface area contributed by atoms with Crippen LogP contribution in [0.5, 0.6) is 0 Å². The molecule has 0 spiro atoms. The molecule has 18 nitrogen and oxygen atoms in total. The summed E-state index contributed by atoms with van der Waals surface area (Å²) in [6.45, 7) is -1.26. The first-order valence-corrected chi connectivity index (χ1v) is 17.1. The van der Waals surface area contributed by atoms with Crippen molar-refractivity contribution in [3.63, 3.8) is 0 Å². The first-order chi connectivity index (χ1) is 19.6. The van der Waals surface area contributed by atoms with Gasteiger partial charge < -0.3 is 34.5 Å². The number of ether oxygens (including phenoxy) is 1. The van der Waals surface area contributed by atoms with Crippen LogP contribution < -0.4 is 11.2 Å². The SMILES string of the molecule is O=c1ccn([C@@H]2O[C@H](COP(=O)(O)OP(=O)(O)OP(=O)(O)O)[C@H](O)C2O)c(=O)n1Cc1cc(C2CCCCC2)ccn1. The molecule has 2 aliphatic rings. The van der Waals surface area contributed by atoms with Crippen molar-refractivity contribution >= 4 is 23.5 Å². The van der Waals surface area contributed by atoms with Gasteiger partial charge in [0, 0.05) is 18.5 Å². The summed E-state index contributed by atoms with van der Waals surface area (Å²) < 4.78 is 53.0. The molecule has 0 aromatic carbocycles. The summed E-state index contributed by atoms with van der Waals surface area (Å²) in [5, 5.41) is 20.9. The maximum absolute atomic E-state index is 13.3. The molecule has 3 heterocycles. The highest BCUT2D eigenvalue weighted by Gasteiger charge is 2.47. The third kappa shape index (κ3) is 8.39. The summed E-state index contributed by atoms with van der Waals surface area (Å²) in [6, 6.07) is 4.77. The Bertz CT molecular complexity index is 1530. The quantitative estimate of drug-likeness (QED) is 0.179. The number of hydrogen-bond acceptors (Lipinski definition) is 12. The lowest BCUT2D eigenvalue weighted by Gasteiger charge is -2.22. The van der Waals surface area contributed by atoms with Gasteiger partial charge in [-0.15, -0.1) is 0 Å². The normalized spacial score (nSPS) is 26.5. The second kappa shape index (κ2) is 13.0. The number of pyridine rings is 1. The lowest BCUT2D eigenvalue weighted by molar-refractivity contribution is -0.0547. The maximum Gasteiger partial charge on any atom is 0.490 e. The van der Waals surface area contributed by atoms with E-state index in [4.69, 9.17) is 14.5 Å². The monoisotopic (exact) mass is 657 g/mol. The van der Waals surface area contributed by atoms with Gasteiger partial charge in [-0.2, -0.15) is 8.62 Å². The van der Waals surface area contributed by atoms with Crippen LogP contribution in [0.4, 0.5) is 0 Å². The molecule has 2 fully saturated rings. The smallest absolute Gasteiger partial charge is 0.387 e. The second-order valence-electron chi connectivity index (χ2n) is 9.78. The zero-order valence-electron chi connectivity index (χ0n) is 21.8. The molecular weight excluding hydrogens is 627 g/mol. The Morgan fingerprint density at radius 1 is 0.952 bits per heavy atom. The number of phosphoric acid groups is 3. The van der Waals surface area contributed by atoms with Crippen LogP contribution in [0.1, 0.15) is 55.5 Å². The lowest BCUT2D eigenvalue weighted by atomic mass is 9.84. The van der Waals surface area contributed by atoms with E-state index in [1.54, 1.807) is 6.20 Å². The van der Waals surface area contributed by atoms with E-state index in [0.717, 1.165) is 52.6 Å². The van der Waals surface area contributed by atoms with Crippen molar-refractivity contribution < 1.29 is 61.4 Å². The minimum Gasteiger partial charge on any atom is -0.387 e. The molecule has 2 aromatic heterocycles. The van der Waals surface area contributed by atoms with Gasteiger partial charge in [-0.05, 0) is 36.5 Å². The molecule has 3 unspecified atom stereocenters. The van der Waals surface area contributed by atoms with Crippen molar-refractivity contribution in [2.45, 2.75) is 69.1 Å². The number of aromatic nitrogens is 3. The summed E-state index contributed by atoms with van der Waals surface area (Å²) in [6.07, 6.45) is 1.24. The van der Waals surface area contributed by atoms with Crippen LogP contribution >= 0.6 is 23.5 Å². The lowest BCUT2D eigenvalue weighted by Crippen LogP contribution is -2.43. The Balaban J connectivity index is 1.47. The van der Waals surface area contributed by atoms with Crippen LogP contribution in [0.3, 0.4) is 0 Å². The predicted molar refractivity (Wildman–Crippen MR) is 140 cm³/mol. The van der Waals surface area contributed by atoms with E-state index in [1.165, 1.54) is 6.42 Å². The highest BCUT2D eigenvalue weighted by Crippen LogP contribution is 2.66. The number of aliphatic hydroxyl groups is 2. The van der Waals surface area contributed by atoms with E-state index < -0.39 is 65.9 Å². The molecule has 234 valence electrons. The Morgan fingerprint density at radius 2 is 1.64 bits per heavy atom. The second-order valence-corrected chi connectivity index (χ2v) is 14.2. The summed E-state index contributed by atoms with van der Waals surface area (Å²) in [4.78, 5) is 66.2. The molecule has 0 radical (unpaired) electrons. The maximum atomic E-state index is 13.3. The van der Waals surface area contributed by atoms with Crippen LogP contribution in [0.25, 0.3) is 0 Å². The van der Waals surface area contributed by atoms with Gasteiger partial charge in [-0.3, -0.25) is 23.4 Å². The average molecular weight is 657 g/mol. The van der Waals surface area contributed by atoms with E-state index in [2.05, 4.69) is 18.1 Å². The molecular formula is C21H30N3O15P3. The van der Waals surface area contributed by atoms with Gasteiger partial charge in [0.15, 0.2) is 6.23 Å². The zero-order valence-corrected chi connectivity index (χ0v) is 24.4. The molecule has 21 heteroatoms. The van der Waals surface area contributed by atoms with Crippen LogP contribution in [0, 0.1) is 0 Å². The molecule has 4 rings (SSSR count). The van der Waals surface area contributed by atoms with E-state index in [0.29, 0.717) is 11.6 Å². The predicted octanol–water partition coefficient (Wildman–Crippen LogP) is 0.463.